The molecule has 1 heterocycles. The molecule has 0 bridgehead atoms. The third-order valence-corrected chi connectivity index (χ3v) is 5.68. The lowest BCUT2D eigenvalue weighted by atomic mass is 9.61. The van der Waals surface area contributed by atoms with Crippen molar-refractivity contribution >= 4 is 22.7 Å². The van der Waals surface area contributed by atoms with Gasteiger partial charge >= 0.3 is 0 Å². The largest absolute Gasteiger partial charge is 0.440 e. The van der Waals surface area contributed by atoms with E-state index in [4.69, 9.17) is 26.7 Å². The van der Waals surface area contributed by atoms with Crippen LogP contribution >= 0.6 is 11.6 Å². The van der Waals surface area contributed by atoms with E-state index in [1.54, 1.807) is 0 Å². The van der Waals surface area contributed by atoms with Gasteiger partial charge in [-0.25, -0.2) is 4.98 Å². The molecule has 1 aromatic heterocycles. The highest BCUT2D eigenvalue weighted by molar-refractivity contribution is 6.31. The molecule has 0 radical (unpaired) electrons. The Bertz CT molecular complexity index is 677. The maximum absolute atomic E-state index is 6.24. The molecule has 3 atom stereocenters. The van der Waals surface area contributed by atoms with E-state index in [1.165, 1.54) is 0 Å². The molecule has 114 valence electrons. The lowest BCUT2D eigenvalue weighted by Crippen LogP contribution is -2.45. The van der Waals surface area contributed by atoms with Gasteiger partial charge in [0, 0.05) is 17.0 Å². The van der Waals surface area contributed by atoms with Crippen LogP contribution in [0, 0.1) is 18.3 Å². The molecule has 2 aromatic rings. The average molecular weight is 307 g/mol. The first-order valence-corrected chi connectivity index (χ1v) is 8.00. The number of hydrogen-bond acceptors (Lipinski definition) is 3. The predicted molar refractivity (Wildman–Crippen MR) is 86.7 cm³/mol. The van der Waals surface area contributed by atoms with Gasteiger partial charge in [-0.15, -0.1) is 0 Å². The molecule has 21 heavy (non-hydrogen) atoms. The van der Waals surface area contributed by atoms with E-state index in [-0.39, 0.29) is 11.5 Å². The number of aryl methyl sites for hydroxylation is 1. The maximum Gasteiger partial charge on any atom is 0.199 e. The number of fused-ring (bicyclic) bond motifs is 1. The topological polar surface area (TPSA) is 52.0 Å². The Morgan fingerprint density at radius 2 is 2.05 bits per heavy atom. The van der Waals surface area contributed by atoms with Crippen LogP contribution in [-0.2, 0) is 0 Å². The van der Waals surface area contributed by atoms with Gasteiger partial charge in [-0.05, 0) is 48.8 Å². The van der Waals surface area contributed by atoms with Crippen molar-refractivity contribution in [1.82, 2.24) is 4.98 Å². The number of halogens is 1. The molecule has 1 fully saturated rings. The van der Waals surface area contributed by atoms with E-state index in [0.29, 0.717) is 16.9 Å². The minimum Gasteiger partial charge on any atom is -0.440 e. The van der Waals surface area contributed by atoms with Gasteiger partial charge in [0.2, 0.25) is 0 Å². The number of nitrogens with two attached hydrogens (primary N) is 1. The Hall–Kier alpha value is -1.06. The molecule has 0 spiro atoms. The van der Waals surface area contributed by atoms with Gasteiger partial charge in [0.25, 0.3) is 0 Å². The summed E-state index contributed by atoms with van der Waals surface area (Å²) in [6, 6.07) is 4.06. The quantitative estimate of drug-likeness (QED) is 0.834. The van der Waals surface area contributed by atoms with Crippen LogP contribution < -0.4 is 5.73 Å². The standard InChI is InChI=1S/C17H23ClN2O/c1-9-7-11(18)8-14-15(9)21-16(20-14)12-5-6-13(19)10(2)17(12,3)4/h7-8,10,12-13H,5-6,19H2,1-4H3. The average Bonchev–Trinajstić information content (AvgIpc) is 2.79. The predicted octanol–water partition coefficient (Wildman–Crippen LogP) is 4.66. The molecular weight excluding hydrogens is 284 g/mol. The second-order valence-electron chi connectivity index (χ2n) is 7.03. The van der Waals surface area contributed by atoms with E-state index >= 15 is 0 Å². The summed E-state index contributed by atoms with van der Waals surface area (Å²) in [6.45, 7) is 8.79. The van der Waals surface area contributed by atoms with E-state index in [1.807, 2.05) is 19.1 Å². The highest BCUT2D eigenvalue weighted by Crippen LogP contribution is 2.49. The van der Waals surface area contributed by atoms with Crippen molar-refractivity contribution in [3.63, 3.8) is 0 Å². The molecule has 0 aliphatic heterocycles. The number of rotatable bonds is 1. The summed E-state index contributed by atoms with van der Waals surface area (Å²) in [5, 5.41) is 0.707. The van der Waals surface area contributed by atoms with Crippen LogP contribution in [0.4, 0.5) is 0 Å². The van der Waals surface area contributed by atoms with Crippen molar-refractivity contribution < 1.29 is 4.42 Å². The summed E-state index contributed by atoms with van der Waals surface area (Å²) in [5.41, 5.74) is 9.07. The Morgan fingerprint density at radius 1 is 1.33 bits per heavy atom. The number of nitrogens with zero attached hydrogens (tertiary/aromatic N) is 1. The molecule has 0 amide bonds. The fraction of sp³-hybridized carbons (Fsp3) is 0.588. The van der Waals surface area contributed by atoms with Gasteiger partial charge in [0.1, 0.15) is 5.52 Å². The van der Waals surface area contributed by atoms with Gasteiger partial charge in [0.15, 0.2) is 11.5 Å². The van der Waals surface area contributed by atoms with E-state index in [2.05, 4.69) is 20.8 Å². The summed E-state index contributed by atoms with van der Waals surface area (Å²) in [6.07, 6.45) is 2.05. The van der Waals surface area contributed by atoms with Crippen molar-refractivity contribution in [3.8, 4) is 0 Å². The highest BCUT2D eigenvalue weighted by atomic mass is 35.5. The molecule has 3 nitrogen and oxygen atoms in total. The fourth-order valence-corrected chi connectivity index (χ4v) is 3.88. The Balaban J connectivity index is 2.06. The normalized spacial score (nSPS) is 29.0. The van der Waals surface area contributed by atoms with Crippen LogP contribution in [0.3, 0.4) is 0 Å². The van der Waals surface area contributed by atoms with Crippen LogP contribution in [-0.4, -0.2) is 11.0 Å². The van der Waals surface area contributed by atoms with Crippen LogP contribution in [0.15, 0.2) is 16.5 Å². The van der Waals surface area contributed by atoms with E-state index in [9.17, 15) is 0 Å². The Morgan fingerprint density at radius 3 is 2.76 bits per heavy atom. The lowest BCUT2D eigenvalue weighted by molar-refractivity contribution is 0.0854. The van der Waals surface area contributed by atoms with Gasteiger partial charge in [-0.2, -0.15) is 0 Å². The van der Waals surface area contributed by atoms with Crippen molar-refractivity contribution in [2.75, 3.05) is 0 Å². The Kier molecular flexibility index (Phi) is 3.53. The Labute approximate surface area is 130 Å². The van der Waals surface area contributed by atoms with Crippen molar-refractivity contribution in [1.29, 1.82) is 0 Å². The summed E-state index contributed by atoms with van der Waals surface area (Å²) >= 11 is 6.12. The number of hydrogen-bond donors (Lipinski definition) is 1. The first kappa shape index (κ1) is 14.9. The molecule has 3 unspecified atom stereocenters. The van der Waals surface area contributed by atoms with Gasteiger partial charge in [0.05, 0.1) is 0 Å². The van der Waals surface area contributed by atoms with E-state index < -0.39 is 0 Å². The first-order valence-electron chi connectivity index (χ1n) is 7.63. The molecule has 0 saturated heterocycles. The van der Waals surface area contributed by atoms with Crippen molar-refractivity contribution in [2.45, 2.75) is 52.5 Å². The number of benzene rings is 1. The van der Waals surface area contributed by atoms with Crippen molar-refractivity contribution in [2.24, 2.45) is 17.1 Å². The molecule has 4 heteroatoms. The summed E-state index contributed by atoms with van der Waals surface area (Å²) in [4.78, 5) is 4.72. The minimum absolute atomic E-state index is 0.0796. The third-order valence-electron chi connectivity index (χ3n) is 5.46. The second-order valence-corrected chi connectivity index (χ2v) is 7.46. The second kappa shape index (κ2) is 4.99. The molecule has 1 saturated carbocycles. The zero-order valence-corrected chi connectivity index (χ0v) is 13.9. The molecule has 2 N–H and O–H groups in total. The summed E-state index contributed by atoms with van der Waals surface area (Å²) in [7, 11) is 0. The number of oxazole rings is 1. The third kappa shape index (κ3) is 2.36. The monoisotopic (exact) mass is 306 g/mol. The molecule has 3 rings (SSSR count). The zero-order valence-electron chi connectivity index (χ0n) is 13.1. The first-order chi connectivity index (χ1) is 9.80. The van der Waals surface area contributed by atoms with Crippen LogP contribution in [0.5, 0.6) is 0 Å². The van der Waals surface area contributed by atoms with Crippen LogP contribution in [0.2, 0.25) is 5.02 Å². The summed E-state index contributed by atoms with van der Waals surface area (Å²) < 4.78 is 6.10. The number of aromatic nitrogens is 1. The smallest absolute Gasteiger partial charge is 0.199 e. The van der Waals surface area contributed by atoms with Crippen LogP contribution in [0.1, 0.15) is 51.0 Å². The molecule has 1 aliphatic rings. The maximum atomic E-state index is 6.24. The molecule has 1 aliphatic carbocycles. The fourth-order valence-electron chi connectivity index (χ4n) is 3.62. The molecular formula is C17H23ClN2O. The zero-order chi connectivity index (χ0) is 15.4. The molecule has 1 aromatic carbocycles. The van der Waals surface area contributed by atoms with E-state index in [0.717, 1.165) is 35.4 Å². The summed E-state index contributed by atoms with van der Waals surface area (Å²) in [5.74, 6) is 1.58. The van der Waals surface area contributed by atoms with Gasteiger partial charge in [-0.3, -0.25) is 0 Å². The van der Waals surface area contributed by atoms with Gasteiger partial charge in [-0.1, -0.05) is 32.4 Å². The van der Waals surface area contributed by atoms with Crippen molar-refractivity contribution in [3.05, 3.63) is 28.6 Å². The highest BCUT2D eigenvalue weighted by Gasteiger charge is 2.44. The lowest BCUT2D eigenvalue weighted by Gasteiger charge is -2.45. The van der Waals surface area contributed by atoms with Crippen LogP contribution in [0.25, 0.3) is 11.1 Å². The minimum atomic E-state index is 0.0796. The SMILES string of the molecule is Cc1cc(Cl)cc2nc(C3CCC(N)C(C)C3(C)C)oc12. The van der Waals surface area contributed by atoms with Gasteiger partial charge < -0.3 is 10.2 Å².